The molecule has 0 unspecified atom stereocenters. The van der Waals surface area contributed by atoms with E-state index in [0.29, 0.717) is 24.5 Å². The summed E-state index contributed by atoms with van der Waals surface area (Å²) in [6, 6.07) is 5.40. The lowest BCUT2D eigenvalue weighted by atomic mass is 9.98. The number of benzene rings is 1. The fourth-order valence-electron chi connectivity index (χ4n) is 4.59. The van der Waals surface area contributed by atoms with E-state index in [2.05, 4.69) is 20.0 Å². The first kappa shape index (κ1) is 23.7. The van der Waals surface area contributed by atoms with Gasteiger partial charge in [0.15, 0.2) is 15.5 Å². The number of piperidine rings is 1. The molecule has 4 heterocycles. The molecule has 1 fully saturated rings. The molecule has 5 rings (SSSR count). The summed E-state index contributed by atoms with van der Waals surface area (Å²) in [7, 11) is -3.26. The van der Waals surface area contributed by atoms with Crippen molar-refractivity contribution in [3.05, 3.63) is 36.3 Å². The number of nitrogens with zero attached hydrogens (tertiary/aromatic N) is 6. The number of carbonyl (C=O) groups excluding carboxylic acids is 1. The first-order valence-corrected chi connectivity index (χ1v) is 13.7. The highest BCUT2D eigenvalue weighted by molar-refractivity contribution is 7.90. The van der Waals surface area contributed by atoms with Crippen LogP contribution in [0.1, 0.15) is 45.2 Å². The normalized spacial score (nSPS) is 17.7. The van der Waals surface area contributed by atoms with Crippen LogP contribution in [0.5, 0.6) is 0 Å². The van der Waals surface area contributed by atoms with Gasteiger partial charge in [0.25, 0.3) is 0 Å². The largest absolute Gasteiger partial charge is 0.367 e. The Labute approximate surface area is 204 Å². The fourth-order valence-corrected chi connectivity index (χ4v) is 5.26. The number of hydrogen-bond donors (Lipinski definition) is 0. The Morgan fingerprint density at radius 2 is 1.86 bits per heavy atom. The van der Waals surface area contributed by atoms with Crippen molar-refractivity contribution >= 4 is 38.3 Å². The van der Waals surface area contributed by atoms with Crippen molar-refractivity contribution in [2.24, 2.45) is 5.41 Å². The Bertz CT molecular complexity index is 1390. The predicted molar refractivity (Wildman–Crippen MR) is 131 cm³/mol. The van der Waals surface area contributed by atoms with Crippen molar-refractivity contribution in [2.45, 2.75) is 51.0 Å². The summed E-state index contributed by atoms with van der Waals surface area (Å²) in [5.41, 5.74) is 2.17. The molecule has 0 amide bonds. The molecule has 2 aliphatic heterocycles. The van der Waals surface area contributed by atoms with Crippen molar-refractivity contribution in [3.8, 4) is 0 Å². The van der Waals surface area contributed by atoms with E-state index in [1.165, 1.54) is 6.26 Å². The topological polar surface area (TPSA) is 111 Å². The van der Waals surface area contributed by atoms with E-state index in [0.717, 1.165) is 47.4 Å². The number of sulfone groups is 1. The average molecular weight is 499 g/mol. The molecule has 186 valence electrons. The number of aromatic nitrogens is 4. The highest BCUT2D eigenvalue weighted by Crippen LogP contribution is 2.38. The molecule has 0 N–H and O–H groups in total. The lowest BCUT2D eigenvalue weighted by molar-refractivity contribution is -0.205. The van der Waals surface area contributed by atoms with Crippen LogP contribution in [0, 0.1) is 5.41 Å². The lowest BCUT2D eigenvalue weighted by Gasteiger charge is -2.32. The van der Waals surface area contributed by atoms with E-state index in [9.17, 15) is 13.2 Å². The summed E-state index contributed by atoms with van der Waals surface area (Å²) in [5, 5.41) is 7.25. The van der Waals surface area contributed by atoms with Gasteiger partial charge < -0.3 is 9.74 Å². The highest BCUT2D eigenvalue weighted by atomic mass is 32.2. The summed E-state index contributed by atoms with van der Waals surface area (Å²) < 4.78 is 25.9. The Hall–Kier alpha value is -3.05. The van der Waals surface area contributed by atoms with Crippen molar-refractivity contribution in [3.63, 3.8) is 0 Å². The maximum Gasteiger partial charge on any atom is 0.330 e. The van der Waals surface area contributed by atoms with Gasteiger partial charge in [-0.3, -0.25) is 0 Å². The maximum atomic E-state index is 12.2. The number of fused-ring (bicyclic) bond motifs is 2. The number of rotatable bonds is 4. The van der Waals surface area contributed by atoms with Crippen molar-refractivity contribution in [1.29, 1.82) is 0 Å². The highest BCUT2D eigenvalue weighted by Gasteiger charge is 2.31. The third kappa shape index (κ3) is 4.50. The second-order valence-corrected chi connectivity index (χ2v) is 12.3. The zero-order chi connectivity index (χ0) is 25.0. The molecule has 0 atom stereocenters. The third-order valence-corrected chi connectivity index (χ3v) is 7.70. The van der Waals surface area contributed by atoms with Gasteiger partial charge in [0.05, 0.1) is 27.9 Å². The van der Waals surface area contributed by atoms with Gasteiger partial charge in [-0.1, -0.05) is 0 Å². The molecule has 2 aliphatic rings. The standard InChI is InChI=1S/C24H30N6O4S/c1-24(2,3)23(31)34-28-10-8-17(9-11-28)30-22-19(14-27-30)21(25-15-26-22)29-12-7-16-13-18(35(4,32)33)5-6-20(16)29/h5-6,13-15,17H,7-12H2,1-4H3. The summed E-state index contributed by atoms with van der Waals surface area (Å²) in [6.07, 6.45) is 6.90. The van der Waals surface area contributed by atoms with E-state index in [-0.39, 0.29) is 12.0 Å². The van der Waals surface area contributed by atoms with Crippen LogP contribution in [0.3, 0.4) is 0 Å². The van der Waals surface area contributed by atoms with Crippen molar-refractivity contribution in [1.82, 2.24) is 24.8 Å². The Kier molecular flexibility index (Phi) is 5.79. The van der Waals surface area contributed by atoms with Gasteiger partial charge in [-0.15, -0.1) is 5.06 Å². The molecule has 0 bridgehead atoms. The van der Waals surface area contributed by atoms with E-state index in [4.69, 9.17) is 4.84 Å². The predicted octanol–water partition coefficient (Wildman–Crippen LogP) is 3.07. The number of hydroxylamine groups is 2. The molecule has 0 aliphatic carbocycles. The fraction of sp³-hybridized carbons (Fsp3) is 0.500. The first-order valence-electron chi connectivity index (χ1n) is 11.8. The molecule has 0 saturated carbocycles. The minimum absolute atomic E-state index is 0.142. The zero-order valence-corrected chi connectivity index (χ0v) is 21.2. The monoisotopic (exact) mass is 498 g/mol. The van der Waals surface area contributed by atoms with Gasteiger partial charge in [0.2, 0.25) is 0 Å². The smallest absolute Gasteiger partial charge is 0.330 e. The summed E-state index contributed by atoms with van der Waals surface area (Å²) >= 11 is 0. The molecular formula is C24H30N6O4S. The molecule has 0 spiro atoms. The Morgan fingerprint density at radius 3 is 2.54 bits per heavy atom. The summed E-state index contributed by atoms with van der Waals surface area (Å²) in [6.45, 7) is 7.51. The summed E-state index contributed by atoms with van der Waals surface area (Å²) in [4.78, 5) is 29.3. The minimum Gasteiger partial charge on any atom is -0.367 e. The van der Waals surface area contributed by atoms with Gasteiger partial charge in [0, 0.05) is 31.6 Å². The molecule has 1 aromatic carbocycles. The van der Waals surface area contributed by atoms with Crippen molar-refractivity contribution < 1.29 is 18.0 Å². The van der Waals surface area contributed by atoms with Crippen LogP contribution in [-0.4, -0.2) is 65.1 Å². The Balaban J connectivity index is 1.37. The molecule has 3 aromatic rings. The van der Waals surface area contributed by atoms with Crippen LogP contribution in [-0.2, 0) is 25.9 Å². The van der Waals surface area contributed by atoms with Gasteiger partial charge in [0.1, 0.15) is 12.1 Å². The van der Waals surface area contributed by atoms with Crippen LogP contribution < -0.4 is 4.90 Å². The lowest BCUT2D eigenvalue weighted by Crippen LogP contribution is -2.39. The number of hydrogen-bond acceptors (Lipinski definition) is 9. The van der Waals surface area contributed by atoms with Crippen LogP contribution in [0.2, 0.25) is 0 Å². The quantitative estimate of drug-likeness (QED) is 0.536. The summed E-state index contributed by atoms with van der Waals surface area (Å²) in [5.74, 6) is 0.538. The molecular weight excluding hydrogens is 468 g/mol. The molecule has 10 nitrogen and oxygen atoms in total. The minimum atomic E-state index is -3.26. The van der Waals surface area contributed by atoms with Gasteiger partial charge >= 0.3 is 5.97 Å². The molecule has 1 saturated heterocycles. The first-order chi connectivity index (χ1) is 16.5. The van der Waals surface area contributed by atoms with Crippen molar-refractivity contribution in [2.75, 3.05) is 30.8 Å². The third-order valence-electron chi connectivity index (χ3n) is 6.59. The number of carbonyl (C=O) groups is 1. The van der Waals surface area contributed by atoms with Crippen LogP contribution >= 0.6 is 0 Å². The van der Waals surface area contributed by atoms with E-state index < -0.39 is 15.3 Å². The second kappa shape index (κ2) is 8.56. The van der Waals surface area contributed by atoms with E-state index >= 15 is 0 Å². The van der Waals surface area contributed by atoms with Crippen LogP contribution in [0.15, 0.2) is 35.6 Å². The SMILES string of the molecule is CC(C)(C)C(=O)ON1CCC(n2ncc3c(N4CCc5cc(S(C)(=O)=O)ccc54)ncnc32)CC1. The maximum absolute atomic E-state index is 12.2. The molecule has 35 heavy (non-hydrogen) atoms. The average Bonchev–Trinajstić information content (AvgIpc) is 3.42. The second-order valence-electron chi connectivity index (χ2n) is 10.3. The molecule has 0 radical (unpaired) electrons. The van der Waals surface area contributed by atoms with E-state index in [1.807, 2.05) is 31.5 Å². The van der Waals surface area contributed by atoms with E-state index in [1.54, 1.807) is 29.7 Å². The van der Waals surface area contributed by atoms with Gasteiger partial charge in [-0.05, 0) is 63.8 Å². The number of anilines is 2. The zero-order valence-electron chi connectivity index (χ0n) is 20.4. The van der Waals surface area contributed by atoms with Crippen LogP contribution in [0.25, 0.3) is 11.0 Å². The van der Waals surface area contributed by atoms with Gasteiger partial charge in [-0.25, -0.2) is 27.9 Å². The van der Waals surface area contributed by atoms with Gasteiger partial charge in [-0.2, -0.15) is 5.10 Å². The molecule has 11 heteroatoms. The molecule has 2 aromatic heterocycles. The Morgan fingerprint density at radius 1 is 1.11 bits per heavy atom. The van der Waals surface area contributed by atoms with Crippen LogP contribution in [0.4, 0.5) is 11.5 Å².